The predicted molar refractivity (Wildman–Crippen MR) is 62.6 cm³/mol. The zero-order valence-electron chi connectivity index (χ0n) is 9.28. The molecule has 3 N–H and O–H groups in total. The van der Waals surface area contributed by atoms with Gasteiger partial charge in [-0.3, -0.25) is 0 Å². The molecule has 0 aliphatic carbocycles. The normalized spacial score (nSPS) is 21.1. The summed E-state index contributed by atoms with van der Waals surface area (Å²) in [4.78, 5) is 5.57. The van der Waals surface area contributed by atoms with Crippen LogP contribution in [0.15, 0.2) is 18.5 Å². The highest BCUT2D eigenvalue weighted by atomic mass is 15.1. The average Bonchev–Trinajstić information content (AvgIpc) is 2.65. The van der Waals surface area contributed by atoms with E-state index in [-0.39, 0.29) is 6.04 Å². The average molecular weight is 207 g/mol. The van der Waals surface area contributed by atoms with E-state index < -0.39 is 0 Å². The highest BCUT2D eigenvalue weighted by Crippen LogP contribution is 2.14. The maximum atomic E-state index is 6.16. The number of hydrogen-bond acceptors (Lipinski definition) is 2. The van der Waals surface area contributed by atoms with E-state index in [1.54, 1.807) is 0 Å². The van der Waals surface area contributed by atoms with E-state index >= 15 is 0 Å². The molecule has 2 rings (SSSR count). The fourth-order valence-electron chi connectivity index (χ4n) is 2.27. The molecule has 1 aliphatic rings. The van der Waals surface area contributed by atoms with Crippen LogP contribution >= 0.6 is 0 Å². The lowest BCUT2D eigenvalue weighted by Crippen LogP contribution is -2.32. The van der Waals surface area contributed by atoms with Crippen molar-refractivity contribution in [2.75, 3.05) is 19.6 Å². The Balaban J connectivity index is 1.84. The molecule has 15 heavy (non-hydrogen) atoms. The van der Waals surface area contributed by atoms with Gasteiger partial charge in [-0.05, 0) is 37.6 Å². The van der Waals surface area contributed by atoms with Crippen molar-refractivity contribution in [2.45, 2.75) is 31.7 Å². The maximum Gasteiger partial charge on any atom is 0.0439 e. The van der Waals surface area contributed by atoms with E-state index in [0.717, 1.165) is 6.54 Å². The van der Waals surface area contributed by atoms with Gasteiger partial charge in [0.15, 0.2) is 0 Å². The van der Waals surface area contributed by atoms with Crippen molar-refractivity contribution < 1.29 is 0 Å². The van der Waals surface area contributed by atoms with Gasteiger partial charge in [0.25, 0.3) is 0 Å². The summed E-state index contributed by atoms with van der Waals surface area (Å²) < 4.78 is 0. The summed E-state index contributed by atoms with van der Waals surface area (Å²) in [7, 11) is 0. The van der Waals surface area contributed by atoms with E-state index in [9.17, 15) is 0 Å². The highest BCUT2D eigenvalue weighted by molar-refractivity contribution is 5.13. The Hall–Kier alpha value is -0.800. The van der Waals surface area contributed by atoms with Crippen LogP contribution in [0.25, 0.3) is 0 Å². The van der Waals surface area contributed by atoms with E-state index in [2.05, 4.69) is 16.0 Å². The Labute approximate surface area is 91.7 Å². The molecule has 3 heteroatoms. The molecule has 0 bridgehead atoms. The van der Waals surface area contributed by atoms with Crippen LogP contribution in [0, 0.1) is 0 Å². The molecule has 1 aliphatic heterocycles. The molecule has 3 nitrogen and oxygen atoms in total. The van der Waals surface area contributed by atoms with Gasteiger partial charge in [-0.2, -0.15) is 0 Å². The third kappa shape index (κ3) is 3.08. The second-order valence-electron chi connectivity index (χ2n) is 4.47. The van der Waals surface area contributed by atoms with Crippen LogP contribution in [0.5, 0.6) is 0 Å². The first-order valence-electron chi connectivity index (χ1n) is 5.97. The maximum absolute atomic E-state index is 6.16. The standard InChI is InChI=1S/C12H21N3/c13-12(11-5-6-14-9-11)10-15-7-3-1-2-4-8-15/h5-6,9,12,14H,1-4,7-8,10,13H2. The topological polar surface area (TPSA) is 45.0 Å². The Morgan fingerprint density at radius 1 is 1.27 bits per heavy atom. The molecule has 0 aromatic carbocycles. The number of nitrogens with two attached hydrogens (primary N) is 1. The molecular weight excluding hydrogens is 186 g/mol. The summed E-state index contributed by atoms with van der Waals surface area (Å²) in [5, 5.41) is 0. The minimum atomic E-state index is 0.161. The van der Waals surface area contributed by atoms with Gasteiger partial charge in [0.1, 0.15) is 0 Å². The van der Waals surface area contributed by atoms with Gasteiger partial charge in [0.05, 0.1) is 0 Å². The zero-order chi connectivity index (χ0) is 10.5. The van der Waals surface area contributed by atoms with Crippen LogP contribution in [0.2, 0.25) is 0 Å². The zero-order valence-corrected chi connectivity index (χ0v) is 9.28. The molecule has 1 aromatic heterocycles. The van der Waals surface area contributed by atoms with Crippen molar-refractivity contribution in [3.05, 3.63) is 24.0 Å². The second-order valence-corrected chi connectivity index (χ2v) is 4.47. The van der Waals surface area contributed by atoms with E-state index in [1.807, 2.05) is 12.4 Å². The number of aromatic nitrogens is 1. The third-order valence-electron chi connectivity index (χ3n) is 3.20. The first-order valence-corrected chi connectivity index (χ1v) is 5.97. The van der Waals surface area contributed by atoms with Gasteiger partial charge < -0.3 is 15.6 Å². The van der Waals surface area contributed by atoms with Gasteiger partial charge in [-0.15, -0.1) is 0 Å². The Bertz CT molecular complexity index is 260. The number of rotatable bonds is 3. The van der Waals surface area contributed by atoms with Crippen LogP contribution < -0.4 is 5.73 Å². The minimum absolute atomic E-state index is 0.161. The lowest BCUT2D eigenvalue weighted by molar-refractivity contribution is 0.268. The Morgan fingerprint density at radius 3 is 2.60 bits per heavy atom. The summed E-state index contributed by atoms with van der Waals surface area (Å²) in [6.45, 7) is 3.44. The number of nitrogens with zero attached hydrogens (tertiary/aromatic N) is 1. The molecule has 0 spiro atoms. The molecule has 0 radical (unpaired) electrons. The van der Waals surface area contributed by atoms with Crippen LogP contribution in [0.3, 0.4) is 0 Å². The minimum Gasteiger partial charge on any atom is -0.367 e. The van der Waals surface area contributed by atoms with Gasteiger partial charge in [-0.1, -0.05) is 12.8 Å². The number of H-pyrrole nitrogens is 1. The molecular formula is C12H21N3. The number of likely N-dealkylation sites (tertiary alicyclic amines) is 1. The van der Waals surface area contributed by atoms with Crippen LogP contribution in [0.1, 0.15) is 37.3 Å². The second kappa shape index (κ2) is 5.33. The molecule has 1 atom stereocenters. The van der Waals surface area contributed by atoms with E-state index in [1.165, 1.54) is 44.3 Å². The summed E-state index contributed by atoms with van der Waals surface area (Å²) in [5.74, 6) is 0. The predicted octanol–water partition coefficient (Wildman–Crippen LogP) is 1.89. The Kier molecular flexibility index (Phi) is 3.80. The molecule has 0 saturated carbocycles. The first-order chi connectivity index (χ1) is 7.36. The third-order valence-corrected chi connectivity index (χ3v) is 3.20. The monoisotopic (exact) mass is 207 g/mol. The smallest absolute Gasteiger partial charge is 0.0439 e. The fourth-order valence-corrected chi connectivity index (χ4v) is 2.27. The quantitative estimate of drug-likeness (QED) is 0.795. The fraction of sp³-hybridized carbons (Fsp3) is 0.667. The summed E-state index contributed by atoms with van der Waals surface area (Å²) in [6, 6.07) is 2.23. The summed E-state index contributed by atoms with van der Waals surface area (Å²) >= 11 is 0. The van der Waals surface area contributed by atoms with Crippen LogP contribution in [0.4, 0.5) is 0 Å². The van der Waals surface area contributed by atoms with E-state index in [4.69, 9.17) is 5.73 Å². The lowest BCUT2D eigenvalue weighted by atomic mass is 10.1. The number of aromatic amines is 1. The molecule has 2 heterocycles. The van der Waals surface area contributed by atoms with Gasteiger partial charge in [0, 0.05) is 25.0 Å². The molecule has 1 aromatic rings. The number of hydrogen-bond donors (Lipinski definition) is 2. The van der Waals surface area contributed by atoms with Crippen LogP contribution in [-0.4, -0.2) is 29.5 Å². The largest absolute Gasteiger partial charge is 0.367 e. The van der Waals surface area contributed by atoms with Crippen molar-refractivity contribution in [1.29, 1.82) is 0 Å². The van der Waals surface area contributed by atoms with Gasteiger partial charge in [-0.25, -0.2) is 0 Å². The van der Waals surface area contributed by atoms with E-state index in [0.29, 0.717) is 0 Å². The number of nitrogens with one attached hydrogen (secondary N) is 1. The van der Waals surface area contributed by atoms with Crippen molar-refractivity contribution >= 4 is 0 Å². The molecule has 1 saturated heterocycles. The van der Waals surface area contributed by atoms with Crippen molar-refractivity contribution in [1.82, 2.24) is 9.88 Å². The summed E-state index contributed by atoms with van der Waals surface area (Å²) in [5.41, 5.74) is 7.38. The molecule has 0 amide bonds. The SMILES string of the molecule is NC(CN1CCCCCC1)c1cc[nH]c1. The van der Waals surface area contributed by atoms with Gasteiger partial charge in [0.2, 0.25) is 0 Å². The molecule has 84 valence electrons. The molecule has 1 unspecified atom stereocenters. The van der Waals surface area contributed by atoms with Crippen LogP contribution in [-0.2, 0) is 0 Å². The van der Waals surface area contributed by atoms with Crippen molar-refractivity contribution in [2.24, 2.45) is 5.73 Å². The molecule has 1 fully saturated rings. The lowest BCUT2D eigenvalue weighted by Gasteiger charge is -2.23. The van der Waals surface area contributed by atoms with Crippen molar-refractivity contribution in [3.8, 4) is 0 Å². The summed E-state index contributed by atoms with van der Waals surface area (Å²) in [6.07, 6.45) is 9.38. The van der Waals surface area contributed by atoms with Crippen molar-refractivity contribution in [3.63, 3.8) is 0 Å². The first kappa shape index (κ1) is 10.7. The van der Waals surface area contributed by atoms with Gasteiger partial charge >= 0.3 is 0 Å². The highest BCUT2D eigenvalue weighted by Gasteiger charge is 2.13. The Morgan fingerprint density at radius 2 is 2.00 bits per heavy atom.